The highest BCUT2D eigenvalue weighted by molar-refractivity contribution is 7.89. The summed E-state index contributed by atoms with van der Waals surface area (Å²) in [6.07, 6.45) is 0.897. The Morgan fingerprint density at radius 3 is 3.00 bits per heavy atom. The summed E-state index contributed by atoms with van der Waals surface area (Å²) in [6.45, 7) is 1.61. The molecule has 1 aliphatic rings. The zero-order valence-electron chi connectivity index (χ0n) is 9.26. The molecule has 0 amide bonds. The number of ether oxygens (including phenoxy) is 1. The Morgan fingerprint density at radius 1 is 1.59 bits per heavy atom. The first kappa shape index (κ1) is 13.0. The minimum Gasteiger partial charge on any atom is -0.391 e. The lowest BCUT2D eigenvalue weighted by molar-refractivity contribution is 0.186. The van der Waals surface area contributed by atoms with Gasteiger partial charge in [-0.1, -0.05) is 0 Å². The molecule has 2 N–H and O–H groups in total. The number of thiophene rings is 1. The Bertz CT molecular complexity index is 462. The fourth-order valence-corrected chi connectivity index (χ4v) is 3.89. The molecule has 1 saturated heterocycles. The van der Waals surface area contributed by atoms with E-state index < -0.39 is 10.0 Å². The van der Waals surface area contributed by atoms with Crippen LogP contribution in [0.2, 0.25) is 0 Å². The highest BCUT2D eigenvalue weighted by Crippen LogP contribution is 2.19. The Morgan fingerprint density at radius 2 is 2.41 bits per heavy atom. The van der Waals surface area contributed by atoms with E-state index in [1.807, 2.05) is 0 Å². The summed E-state index contributed by atoms with van der Waals surface area (Å²) in [4.78, 5) is 0.875. The first-order chi connectivity index (χ1) is 8.12. The number of hydrogen-bond acceptors (Lipinski definition) is 5. The molecule has 0 radical (unpaired) electrons. The van der Waals surface area contributed by atoms with Crippen LogP contribution in [0.5, 0.6) is 0 Å². The summed E-state index contributed by atoms with van der Waals surface area (Å²) < 4.78 is 31.5. The molecule has 0 spiro atoms. The Kier molecular flexibility index (Phi) is 4.16. The lowest BCUT2D eigenvalue weighted by atomic mass is 10.1. The monoisotopic (exact) mass is 277 g/mol. The smallest absolute Gasteiger partial charge is 0.241 e. The molecule has 17 heavy (non-hydrogen) atoms. The van der Waals surface area contributed by atoms with E-state index in [-0.39, 0.29) is 17.4 Å². The summed E-state index contributed by atoms with van der Waals surface area (Å²) >= 11 is 1.24. The number of aliphatic hydroxyl groups excluding tert-OH is 1. The van der Waals surface area contributed by atoms with Gasteiger partial charge in [-0.25, -0.2) is 13.1 Å². The second-order valence-electron chi connectivity index (χ2n) is 3.99. The zero-order valence-corrected chi connectivity index (χ0v) is 10.9. The third-order valence-corrected chi connectivity index (χ3v) is 5.16. The maximum Gasteiger partial charge on any atom is 0.241 e. The van der Waals surface area contributed by atoms with E-state index in [0.29, 0.717) is 24.6 Å². The summed E-state index contributed by atoms with van der Waals surface area (Å²) in [6, 6.07) is 1.50. The average Bonchev–Trinajstić information content (AvgIpc) is 2.98. The fraction of sp³-hybridized carbons (Fsp3) is 0.600. The van der Waals surface area contributed by atoms with Gasteiger partial charge in [-0.3, -0.25) is 0 Å². The van der Waals surface area contributed by atoms with Crippen molar-refractivity contribution in [3.8, 4) is 0 Å². The Balaban J connectivity index is 1.97. The van der Waals surface area contributed by atoms with Gasteiger partial charge in [-0.05, 0) is 18.4 Å². The Hall–Kier alpha value is -0.470. The average molecular weight is 277 g/mol. The lowest BCUT2D eigenvalue weighted by Crippen LogP contribution is -2.29. The van der Waals surface area contributed by atoms with Crippen molar-refractivity contribution in [3.05, 3.63) is 16.3 Å². The van der Waals surface area contributed by atoms with Crippen LogP contribution in [0.15, 0.2) is 16.3 Å². The van der Waals surface area contributed by atoms with Gasteiger partial charge in [-0.15, -0.1) is 11.3 Å². The second kappa shape index (κ2) is 5.45. The predicted octanol–water partition coefficient (Wildman–Crippen LogP) is 0.555. The van der Waals surface area contributed by atoms with Crippen molar-refractivity contribution in [2.75, 3.05) is 19.8 Å². The molecule has 1 atom stereocenters. The van der Waals surface area contributed by atoms with E-state index in [0.717, 1.165) is 6.42 Å². The maximum atomic E-state index is 11.9. The van der Waals surface area contributed by atoms with E-state index in [1.54, 1.807) is 5.38 Å². The molecule has 96 valence electrons. The normalized spacial score (nSPS) is 20.9. The summed E-state index contributed by atoms with van der Waals surface area (Å²) in [5.41, 5.74) is 0. The SMILES string of the molecule is O=S(=O)(NCC1CCOC1)c1csc(CO)c1. The quantitative estimate of drug-likeness (QED) is 0.824. The Labute approximate surface area is 104 Å². The van der Waals surface area contributed by atoms with Crippen LogP contribution in [0.25, 0.3) is 0 Å². The van der Waals surface area contributed by atoms with Gasteiger partial charge in [-0.2, -0.15) is 0 Å². The van der Waals surface area contributed by atoms with Crippen molar-refractivity contribution in [3.63, 3.8) is 0 Å². The van der Waals surface area contributed by atoms with E-state index in [1.165, 1.54) is 17.4 Å². The van der Waals surface area contributed by atoms with Gasteiger partial charge in [0.2, 0.25) is 10.0 Å². The zero-order chi connectivity index (χ0) is 12.3. The molecule has 1 aromatic heterocycles. The molecule has 0 aliphatic carbocycles. The van der Waals surface area contributed by atoms with Crippen LogP contribution in [-0.4, -0.2) is 33.3 Å². The van der Waals surface area contributed by atoms with E-state index in [9.17, 15) is 8.42 Å². The third kappa shape index (κ3) is 3.26. The van der Waals surface area contributed by atoms with E-state index >= 15 is 0 Å². The van der Waals surface area contributed by atoms with Crippen LogP contribution in [0.4, 0.5) is 0 Å². The maximum absolute atomic E-state index is 11.9. The van der Waals surface area contributed by atoms with E-state index in [2.05, 4.69) is 4.72 Å². The van der Waals surface area contributed by atoms with Crippen molar-refractivity contribution < 1.29 is 18.3 Å². The van der Waals surface area contributed by atoms with Crippen molar-refractivity contribution >= 4 is 21.4 Å². The number of rotatable bonds is 5. The first-order valence-corrected chi connectivity index (χ1v) is 7.74. The highest BCUT2D eigenvalue weighted by Gasteiger charge is 2.20. The number of aliphatic hydroxyl groups is 1. The van der Waals surface area contributed by atoms with Gasteiger partial charge >= 0.3 is 0 Å². The molecule has 5 nitrogen and oxygen atoms in total. The molecule has 1 aromatic rings. The molecule has 2 heterocycles. The van der Waals surface area contributed by atoms with Crippen LogP contribution in [0.3, 0.4) is 0 Å². The molecule has 0 saturated carbocycles. The van der Waals surface area contributed by atoms with Gasteiger partial charge in [0.25, 0.3) is 0 Å². The van der Waals surface area contributed by atoms with E-state index in [4.69, 9.17) is 9.84 Å². The van der Waals surface area contributed by atoms with Gasteiger partial charge in [0.15, 0.2) is 0 Å². The fourth-order valence-electron chi connectivity index (χ4n) is 1.64. The van der Waals surface area contributed by atoms with Crippen LogP contribution < -0.4 is 4.72 Å². The first-order valence-electron chi connectivity index (χ1n) is 5.37. The third-order valence-electron chi connectivity index (χ3n) is 2.68. The molecule has 1 fully saturated rings. The van der Waals surface area contributed by atoms with Gasteiger partial charge in [0.1, 0.15) is 0 Å². The van der Waals surface area contributed by atoms with Crippen LogP contribution in [0.1, 0.15) is 11.3 Å². The standard InChI is InChI=1S/C10H15NO4S2/c12-5-9-3-10(7-16-9)17(13,14)11-4-8-1-2-15-6-8/h3,7-8,11-12H,1-2,4-6H2. The van der Waals surface area contributed by atoms with Gasteiger partial charge < -0.3 is 9.84 Å². The topological polar surface area (TPSA) is 75.6 Å². The predicted molar refractivity (Wildman–Crippen MR) is 64.4 cm³/mol. The van der Waals surface area contributed by atoms with Crippen molar-refractivity contribution in [1.29, 1.82) is 0 Å². The number of nitrogens with one attached hydrogen (secondary N) is 1. The van der Waals surface area contributed by atoms with Crippen LogP contribution in [-0.2, 0) is 21.4 Å². The summed E-state index contributed by atoms with van der Waals surface area (Å²) in [7, 11) is -3.44. The molecule has 0 bridgehead atoms. The molecule has 1 aliphatic heterocycles. The van der Waals surface area contributed by atoms with Gasteiger partial charge in [0.05, 0.1) is 18.1 Å². The van der Waals surface area contributed by atoms with Crippen LogP contribution >= 0.6 is 11.3 Å². The summed E-state index contributed by atoms with van der Waals surface area (Å²) in [5.74, 6) is 0.265. The largest absolute Gasteiger partial charge is 0.391 e. The molecule has 0 aromatic carbocycles. The highest BCUT2D eigenvalue weighted by atomic mass is 32.2. The molecule has 2 rings (SSSR count). The second-order valence-corrected chi connectivity index (χ2v) is 6.75. The molecular formula is C10H15NO4S2. The lowest BCUT2D eigenvalue weighted by Gasteiger charge is -2.08. The molecular weight excluding hydrogens is 262 g/mol. The minimum atomic E-state index is -3.44. The summed E-state index contributed by atoms with van der Waals surface area (Å²) in [5, 5.41) is 10.4. The van der Waals surface area contributed by atoms with Gasteiger partial charge in [0, 0.05) is 23.4 Å². The number of sulfonamides is 1. The van der Waals surface area contributed by atoms with Crippen molar-refractivity contribution in [2.45, 2.75) is 17.9 Å². The minimum absolute atomic E-state index is 0.128. The molecule has 7 heteroatoms. The van der Waals surface area contributed by atoms with Crippen molar-refractivity contribution in [1.82, 2.24) is 4.72 Å². The molecule has 1 unspecified atom stereocenters. The van der Waals surface area contributed by atoms with Crippen LogP contribution in [0, 0.1) is 5.92 Å². The van der Waals surface area contributed by atoms with Crippen molar-refractivity contribution in [2.24, 2.45) is 5.92 Å². The number of hydrogen-bond donors (Lipinski definition) is 2.